The van der Waals surface area contributed by atoms with E-state index in [9.17, 15) is 14.9 Å². The normalized spacial score (nSPS) is 11.2. The molecule has 1 aromatic rings. The lowest BCUT2D eigenvalue weighted by Gasteiger charge is -2.06. The predicted octanol–water partition coefficient (Wildman–Crippen LogP) is 1.77. The number of rotatable bonds is 3. The zero-order valence-corrected chi connectivity index (χ0v) is 8.54. The molecule has 16 heavy (non-hydrogen) atoms. The summed E-state index contributed by atoms with van der Waals surface area (Å²) in [7, 11) is 0. The number of hydrogen-bond acceptors (Lipinski definition) is 4. The van der Waals surface area contributed by atoms with Gasteiger partial charge in [-0.1, -0.05) is 5.92 Å². The summed E-state index contributed by atoms with van der Waals surface area (Å²) in [6.07, 6.45) is 4.42. The van der Waals surface area contributed by atoms with Crippen LogP contribution in [0.3, 0.4) is 0 Å². The SMILES string of the molecule is C#C[C@H](C)OC(=O)c1ccc([N+](=O)[O-])cc1. The number of nitro benzene ring substituents is 1. The molecule has 0 aliphatic rings. The number of hydrogen-bond donors (Lipinski definition) is 0. The lowest BCUT2D eigenvalue weighted by atomic mass is 10.2. The highest BCUT2D eigenvalue weighted by Gasteiger charge is 2.12. The second-order valence-electron chi connectivity index (χ2n) is 3.02. The summed E-state index contributed by atoms with van der Waals surface area (Å²) in [6.45, 7) is 1.56. The molecule has 0 amide bonds. The minimum Gasteiger partial charge on any atom is -0.446 e. The highest BCUT2D eigenvalue weighted by molar-refractivity contribution is 5.89. The summed E-state index contributed by atoms with van der Waals surface area (Å²) in [5, 5.41) is 10.4. The van der Waals surface area contributed by atoms with Crippen molar-refractivity contribution in [3.63, 3.8) is 0 Å². The van der Waals surface area contributed by atoms with Gasteiger partial charge in [0.2, 0.25) is 0 Å². The maximum absolute atomic E-state index is 11.4. The van der Waals surface area contributed by atoms with Gasteiger partial charge in [-0.2, -0.15) is 0 Å². The van der Waals surface area contributed by atoms with Crippen molar-refractivity contribution in [3.05, 3.63) is 39.9 Å². The summed E-state index contributed by atoms with van der Waals surface area (Å²) < 4.78 is 4.84. The van der Waals surface area contributed by atoms with Crippen molar-refractivity contribution in [3.8, 4) is 12.3 Å². The van der Waals surface area contributed by atoms with E-state index in [2.05, 4.69) is 5.92 Å². The van der Waals surface area contributed by atoms with E-state index in [1.807, 2.05) is 0 Å². The number of benzene rings is 1. The summed E-state index contributed by atoms with van der Waals surface area (Å²) in [6, 6.07) is 5.11. The van der Waals surface area contributed by atoms with E-state index in [1.165, 1.54) is 24.3 Å². The lowest BCUT2D eigenvalue weighted by Crippen LogP contribution is -2.12. The van der Waals surface area contributed by atoms with Crippen molar-refractivity contribution < 1.29 is 14.5 Å². The lowest BCUT2D eigenvalue weighted by molar-refractivity contribution is -0.384. The molecule has 0 bridgehead atoms. The second kappa shape index (κ2) is 4.94. The van der Waals surface area contributed by atoms with Gasteiger partial charge in [0.1, 0.15) is 0 Å². The van der Waals surface area contributed by atoms with Gasteiger partial charge in [0.25, 0.3) is 5.69 Å². The van der Waals surface area contributed by atoms with Crippen LogP contribution in [0.2, 0.25) is 0 Å². The van der Waals surface area contributed by atoms with Crippen LogP contribution < -0.4 is 0 Å². The Hall–Kier alpha value is -2.35. The van der Waals surface area contributed by atoms with Crippen LogP contribution in [-0.2, 0) is 4.74 Å². The molecule has 0 aliphatic heterocycles. The van der Waals surface area contributed by atoms with Crippen LogP contribution in [0.4, 0.5) is 5.69 Å². The van der Waals surface area contributed by atoms with E-state index in [1.54, 1.807) is 6.92 Å². The molecule has 0 saturated heterocycles. The van der Waals surface area contributed by atoms with E-state index < -0.39 is 17.0 Å². The molecule has 1 rings (SSSR count). The van der Waals surface area contributed by atoms with E-state index in [-0.39, 0.29) is 11.3 Å². The number of nitrogens with zero attached hydrogens (tertiary/aromatic N) is 1. The van der Waals surface area contributed by atoms with Gasteiger partial charge in [0.15, 0.2) is 6.10 Å². The number of esters is 1. The summed E-state index contributed by atoms with van der Waals surface area (Å²) in [5.41, 5.74) is 0.147. The van der Waals surface area contributed by atoms with Crippen molar-refractivity contribution in [1.82, 2.24) is 0 Å². The number of carbonyl (C=O) groups is 1. The van der Waals surface area contributed by atoms with Gasteiger partial charge >= 0.3 is 5.97 Å². The Kier molecular flexibility index (Phi) is 3.62. The Morgan fingerprint density at radius 1 is 1.50 bits per heavy atom. The summed E-state index contributed by atoms with van der Waals surface area (Å²) >= 11 is 0. The molecule has 0 aromatic heterocycles. The zero-order valence-electron chi connectivity index (χ0n) is 8.54. The van der Waals surface area contributed by atoms with Crippen LogP contribution in [0.25, 0.3) is 0 Å². The van der Waals surface area contributed by atoms with Crippen LogP contribution >= 0.6 is 0 Å². The number of terminal acetylenes is 1. The van der Waals surface area contributed by atoms with Gasteiger partial charge in [0, 0.05) is 12.1 Å². The van der Waals surface area contributed by atoms with Gasteiger partial charge < -0.3 is 4.74 Å². The minimum absolute atomic E-state index is 0.0819. The Morgan fingerprint density at radius 3 is 2.50 bits per heavy atom. The average Bonchev–Trinajstić information content (AvgIpc) is 2.28. The Balaban J connectivity index is 2.79. The van der Waals surface area contributed by atoms with Crippen molar-refractivity contribution in [1.29, 1.82) is 0 Å². The third-order valence-corrected chi connectivity index (χ3v) is 1.83. The largest absolute Gasteiger partial charge is 0.446 e. The van der Waals surface area contributed by atoms with Crippen LogP contribution in [0.5, 0.6) is 0 Å². The van der Waals surface area contributed by atoms with Crippen molar-refractivity contribution in [2.75, 3.05) is 0 Å². The molecule has 1 aromatic carbocycles. The average molecular weight is 219 g/mol. The molecule has 0 unspecified atom stereocenters. The fraction of sp³-hybridized carbons (Fsp3) is 0.182. The molecular weight excluding hydrogens is 210 g/mol. The third-order valence-electron chi connectivity index (χ3n) is 1.83. The van der Waals surface area contributed by atoms with Gasteiger partial charge in [-0.3, -0.25) is 10.1 Å². The minimum atomic E-state index is -0.623. The van der Waals surface area contributed by atoms with E-state index in [4.69, 9.17) is 11.2 Å². The number of carbonyl (C=O) groups excluding carboxylic acids is 1. The molecular formula is C11H9NO4. The maximum Gasteiger partial charge on any atom is 0.339 e. The fourth-order valence-electron chi connectivity index (χ4n) is 0.982. The molecule has 0 heterocycles. The first kappa shape index (κ1) is 11.7. The molecule has 5 heteroatoms. The highest BCUT2D eigenvalue weighted by atomic mass is 16.6. The first-order valence-electron chi connectivity index (χ1n) is 4.46. The monoisotopic (exact) mass is 219 g/mol. The highest BCUT2D eigenvalue weighted by Crippen LogP contribution is 2.13. The molecule has 82 valence electrons. The number of nitro groups is 1. The van der Waals surface area contributed by atoms with E-state index >= 15 is 0 Å². The van der Waals surface area contributed by atoms with Crippen LogP contribution in [0.1, 0.15) is 17.3 Å². The smallest absolute Gasteiger partial charge is 0.339 e. The molecule has 0 N–H and O–H groups in total. The fourth-order valence-corrected chi connectivity index (χ4v) is 0.982. The van der Waals surface area contributed by atoms with Crippen LogP contribution in [0, 0.1) is 22.5 Å². The van der Waals surface area contributed by atoms with Crippen LogP contribution in [0.15, 0.2) is 24.3 Å². The quantitative estimate of drug-likeness (QED) is 0.336. The molecule has 0 spiro atoms. The molecule has 0 radical (unpaired) electrons. The van der Waals surface area contributed by atoms with E-state index in [0.717, 1.165) is 0 Å². The Bertz CT molecular complexity index is 444. The zero-order chi connectivity index (χ0) is 12.1. The van der Waals surface area contributed by atoms with E-state index in [0.29, 0.717) is 0 Å². The van der Waals surface area contributed by atoms with Crippen molar-refractivity contribution in [2.45, 2.75) is 13.0 Å². The van der Waals surface area contributed by atoms with Gasteiger partial charge in [0.05, 0.1) is 10.5 Å². The third kappa shape index (κ3) is 2.82. The molecule has 0 fully saturated rings. The first-order valence-corrected chi connectivity index (χ1v) is 4.46. The van der Waals surface area contributed by atoms with Gasteiger partial charge in [-0.15, -0.1) is 6.42 Å². The summed E-state index contributed by atoms with van der Waals surface area (Å²) in [4.78, 5) is 21.2. The van der Waals surface area contributed by atoms with Crippen LogP contribution in [-0.4, -0.2) is 17.0 Å². The Labute approximate surface area is 92.2 Å². The Morgan fingerprint density at radius 2 is 2.06 bits per heavy atom. The standard InChI is InChI=1S/C11H9NO4/c1-3-8(2)16-11(13)9-4-6-10(7-5-9)12(14)15/h1,4-8H,2H3/t8-/m0/s1. The van der Waals surface area contributed by atoms with Gasteiger partial charge in [-0.05, 0) is 19.1 Å². The van der Waals surface area contributed by atoms with Crippen molar-refractivity contribution in [2.24, 2.45) is 0 Å². The second-order valence-corrected chi connectivity index (χ2v) is 3.02. The predicted molar refractivity (Wildman–Crippen MR) is 56.8 cm³/mol. The number of ether oxygens (including phenoxy) is 1. The molecule has 1 atom stereocenters. The van der Waals surface area contributed by atoms with Gasteiger partial charge in [-0.25, -0.2) is 4.79 Å². The molecule has 5 nitrogen and oxygen atoms in total. The van der Waals surface area contributed by atoms with Crippen molar-refractivity contribution >= 4 is 11.7 Å². The first-order chi connectivity index (χ1) is 7.54. The number of non-ortho nitro benzene ring substituents is 1. The summed E-state index contributed by atoms with van der Waals surface area (Å²) in [5.74, 6) is 1.65. The topological polar surface area (TPSA) is 69.4 Å². The maximum atomic E-state index is 11.4. The molecule has 0 aliphatic carbocycles. The molecule has 0 saturated carbocycles.